The number of hydrogen-bond acceptors (Lipinski definition) is 0. The molecule has 0 heterocycles. The zero-order valence-electron chi connectivity index (χ0n) is 8.10. The van der Waals surface area contributed by atoms with Crippen LogP contribution in [0.25, 0.3) is 0 Å². The summed E-state index contributed by atoms with van der Waals surface area (Å²) < 4.78 is 0. The van der Waals surface area contributed by atoms with E-state index in [9.17, 15) is 0 Å². The lowest BCUT2D eigenvalue weighted by atomic mass is 9.88. The average molecular weight is 154 g/mol. The van der Waals surface area contributed by atoms with E-state index in [0.29, 0.717) is 0 Å². The summed E-state index contributed by atoms with van der Waals surface area (Å²) in [5, 5.41) is 0. The first kappa shape index (κ1) is 9.09. The van der Waals surface area contributed by atoms with Gasteiger partial charge in [0.05, 0.1) is 0 Å². The third kappa shape index (κ3) is 3.79. The molecule has 0 amide bonds. The van der Waals surface area contributed by atoms with E-state index >= 15 is 0 Å². The van der Waals surface area contributed by atoms with E-state index in [2.05, 4.69) is 13.8 Å². The van der Waals surface area contributed by atoms with Gasteiger partial charge in [-0.15, -0.1) is 0 Å². The molecular formula is C11H22. The highest BCUT2D eigenvalue weighted by Crippen LogP contribution is 2.24. The third-order valence-corrected chi connectivity index (χ3v) is 3.04. The second-order valence-electron chi connectivity index (χ2n) is 4.43. The smallest absolute Gasteiger partial charge is 0.0443 e. The first-order valence-corrected chi connectivity index (χ1v) is 5.29. The SMILES string of the molecule is CC1CCC1.CC1CCCC1. The van der Waals surface area contributed by atoms with Crippen molar-refractivity contribution in [1.29, 1.82) is 0 Å². The van der Waals surface area contributed by atoms with E-state index in [4.69, 9.17) is 0 Å². The maximum Gasteiger partial charge on any atom is -0.0443 e. The van der Waals surface area contributed by atoms with Gasteiger partial charge in [0.15, 0.2) is 0 Å². The molecular weight excluding hydrogens is 132 g/mol. The van der Waals surface area contributed by atoms with Crippen molar-refractivity contribution in [2.45, 2.75) is 58.8 Å². The van der Waals surface area contributed by atoms with Crippen molar-refractivity contribution in [2.24, 2.45) is 11.8 Å². The van der Waals surface area contributed by atoms with Gasteiger partial charge in [0.2, 0.25) is 0 Å². The molecule has 0 spiro atoms. The molecule has 66 valence electrons. The molecule has 0 bridgehead atoms. The van der Waals surface area contributed by atoms with Crippen LogP contribution in [-0.2, 0) is 0 Å². The summed E-state index contributed by atoms with van der Waals surface area (Å²) >= 11 is 0. The summed E-state index contributed by atoms with van der Waals surface area (Å²) in [6.45, 7) is 4.65. The Balaban J connectivity index is 0.000000112. The molecule has 0 unspecified atom stereocenters. The van der Waals surface area contributed by atoms with Crippen LogP contribution < -0.4 is 0 Å². The Labute approximate surface area is 71.4 Å². The van der Waals surface area contributed by atoms with Crippen LogP contribution in [0.3, 0.4) is 0 Å². The van der Waals surface area contributed by atoms with Crippen LogP contribution in [0, 0.1) is 11.8 Å². The third-order valence-electron chi connectivity index (χ3n) is 3.04. The molecule has 0 aromatic rings. The molecule has 2 aliphatic rings. The van der Waals surface area contributed by atoms with Crippen molar-refractivity contribution >= 4 is 0 Å². The molecule has 2 fully saturated rings. The molecule has 2 rings (SSSR count). The van der Waals surface area contributed by atoms with Gasteiger partial charge in [-0.1, -0.05) is 58.8 Å². The Kier molecular flexibility index (Phi) is 3.96. The van der Waals surface area contributed by atoms with E-state index in [1.54, 1.807) is 0 Å². The van der Waals surface area contributed by atoms with Crippen molar-refractivity contribution in [3.8, 4) is 0 Å². The van der Waals surface area contributed by atoms with Gasteiger partial charge in [-0.25, -0.2) is 0 Å². The second kappa shape index (κ2) is 4.79. The van der Waals surface area contributed by atoms with Crippen LogP contribution in [0.4, 0.5) is 0 Å². The summed E-state index contributed by atoms with van der Waals surface area (Å²) in [7, 11) is 0. The lowest BCUT2D eigenvalue weighted by Gasteiger charge is -2.18. The number of hydrogen-bond donors (Lipinski definition) is 0. The molecule has 11 heavy (non-hydrogen) atoms. The van der Waals surface area contributed by atoms with Crippen LogP contribution in [0.2, 0.25) is 0 Å². The Morgan fingerprint density at radius 1 is 0.636 bits per heavy atom. The van der Waals surface area contributed by atoms with Gasteiger partial charge < -0.3 is 0 Å². The van der Waals surface area contributed by atoms with E-state index in [0.717, 1.165) is 11.8 Å². The molecule has 0 atom stereocenters. The summed E-state index contributed by atoms with van der Waals surface area (Å²) in [5.74, 6) is 2.11. The van der Waals surface area contributed by atoms with Gasteiger partial charge in [0, 0.05) is 0 Å². The quantitative estimate of drug-likeness (QED) is 0.494. The highest BCUT2D eigenvalue weighted by atomic mass is 14.1. The highest BCUT2D eigenvalue weighted by molar-refractivity contribution is 4.62. The Morgan fingerprint density at radius 2 is 1.00 bits per heavy atom. The van der Waals surface area contributed by atoms with E-state index in [-0.39, 0.29) is 0 Å². The fourth-order valence-corrected chi connectivity index (χ4v) is 1.74. The molecule has 0 aliphatic heterocycles. The molecule has 2 aliphatic carbocycles. The van der Waals surface area contributed by atoms with Gasteiger partial charge in [-0.3, -0.25) is 0 Å². The molecule has 2 saturated carbocycles. The van der Waals surface area contributed by atoms with Crippen molar-refractivity contribution in [3.63, 3.8) is 0 Å². The topological polar surface area (TPSA) is 0 Å². The molecule has 0 aromatic carbocycles. The van der Waals surface area contributed by atoms with Crippen LogP contribution in [0.5, 0.6) is 0 Å². The lowest BCUT2D eigenvalue weighted by molar-refractivity contribution is 0.346. The summed E-state index contributed by atoms with van der Waals surface area (Å²) in [6, 6.07) is 0. The fraction of sp³-hybridized carbons (Fsp3) is 1.00. The van der Waals surface area contributed by atoms with Gasteiger partial charge in [0.25, 0.3) is 0 Å². The normalized spacial score (nSPS) is 25.6. The van der Waals surface area contributed by atoms with E-state index < -0.39 is 0 Å². The van der Waals surface area contributed by atoms with E-state index in [1.165, 1.54) is 44.9 Å². The largest absolute Gasteiger partial charge is 0.0625 e. The van der Waals surface area contributed by atoms with Gasteiger partial charge in [0.1, 0.15) is 0 Å². The highest BCUT2D eigenvalue weighted by Gasteiger charge is 2.09. The van der Waals surface area contributed by atoms with Crippen molar-refractivity contribution in [2.75, 3.05) is 0 Å². The Morgan fingerprint density at radius 3 is 1.09 bits per heavy atom. The fourth-order valence-electron chi connectivity index (χ4n) is 1.74. The zero-order valence-corrected chi connectivity index (χ0v) is 8.10. The van der Waals surface area contributed by atoms with Crippen molar-refractivity contribution in [1.82, 2.24) is 0 Å². The molecule has 0 radical (unpaired) electrons. The van der Waals surface area contributed by atoms with Crippen LogP contribution in [-0.4, -0.2) is 0 Å². The molecule has 0 nitrogen and oxygen atoms in total. The standard InChI is InChI=1S/C6H12.C5H10/c1-6-4-2-3-5-6;1-5-3-2-4-5/h6H,2-5H2,1H3;5H,2-4H2,1H3. The van der Waals surface area contributed by atoms with E-state index in [1.807, 2.05) is 0 Å². The minimum Gasteiger partial charge on any atom is -0.0625 e. The molecule has 0 aromatic heterocycles. The van der Waals surface area contributed by atoms with Gasteiger partial charge in [-0.05, 0) is 11.8 Å². The average Bonchev–Trinajstić information content (AvgIpc) is 2.36. The van der Waals surface area contributed by atoms with Crippen LogP contribution >= 0.6 is 0 Å². The summed E-state index contributed by atoms with van der Waals surface area (Å²) in [5.41, 5.74) is 0. The zero-order chi connectivity index (χ0) is 8.10. The Hall–Kier alpha value is 0. The minimum atomic E-state index is 1.05. The van der Waals surface area contributed by atoms with Crippen LogP contribution in [0.1, 0.15) is 58.8 Å². The summed E-state index contributed by atoms with van der Waals surface area (Å²) in [4.78, 5) is 0. The maximum atomic E-state index is 2.34. The maximum absolute atomic E-state index is 2.34. The predicted octanol–water partition coefficient (Wildman–Crippen LogP) is 4.00. The lowest BCUT2D eigenvalue weighted by Crippen LogP contribution is -2.04. The summed E-state index contributed by atoms with van der Waals surface area (Å²) in [6.07, 6.45) is 10.4. The predicted molar refractivity (Wildman–Crippen MR) is 50.6 cm³/mol. The number of rotatable bonds is 0. The van der Waals surface area contributed by atoms with Crippen LogP contribution in [0.15, 0.2) is 0 Å². The molecule has 0 saturated heterocycles. The Bertz CT molecular complexity index is 86.2. The molecule has 0 N–H and O–H groups in total. The van der Waals surface area contributed by atoms with Gasteiger partial charge >= 0.3 is 0 Å². The molecule has 0 heteroatoms. The minimum absolute atomic E-state index is 1.05. The van der Waals surface area contributed by atoms with Gasteiger partial charge in [-0.2, -0.15) is 0 Å². The van der Waals surface area contributed by atoms with Crippen molar-refractivity contribution in [3.05, 3.63) is 0 Å². The first-order chi connectivity index (χ1) is 5.29. The first-order valence-electron chi connectivity index (χ1n) is 5.29. The second-order valence-corrected chi connectivity index (χ2v) is 4.43. The van der Waals surface area contributed by atoms with Crippen molar-refractivity contribution < 1.29 is 0 Å². The monoisotopic (exact) mass is 154 g/mol.